The minimum Gasteiger partial charge on any atom is -0.467 e. The molecule has 1 unspecified atom stereocenters. The van der Waals surface area contributed by atoms with Crippen molar-refractivity contribution in [1.82, 2.24) is 5.32 Å². The first-order valence-electron chi connectivity index (χ1n) is 6.15. The van der Waals surface area contributed by atoms with Gasteiger partial charge in [0.2, 0.25) is 0 Å². The summed E-state index contributed by atoms with van der Waals surface area (Å²) in [6.07, 6.45) is -0.900. The number of carbonyl (C=O) groups excluding carboxylic acids is 2. The Hall–Kier alpha value is -2.18. The zero-order chi connectivity index (χ0) is 16.2. The molecule has 0 bridgehead atoms. The van der Waals surface area contributed by atoms with Crippen molar-refractivity contribution in [1.29, 1.82) is 0 Å². The number of hydrogen-bond acceptors (Lipinski definition) is 4. The summed E-state index contributed by atoms with van der Waals surface area (Å²) in [6.45, 7) is 4.92. The van der Waals surface area contributed by atoms with Crippen LogP contribution >= 0.6 is 0 Å². The third-order valence-corrected chi connectivity index (χ3v) is 2.32. The number of esters is 1. The Balaban J connectivity index is 3.01. The fourth-order valence-electron chi connectivity index (χ4n) is 1.56. The molecule has 0 saturated carbocycles. The van der Waals surface area contributed by atoms with Gasteiger partial charge in [-0.25, -0.2) is 18.4 Å². The normalized spacial score (nSPS) is 12.5. The maximum atomic E-state index is 13.2. The number of halogens is 2. The summed E-state index contributed by atoms with van der Waals surface area (Å²) in [4.78, 5) is 23.4. The lowest BCUT2D eigenvalue weighted by Gasteiger charge is -2.22. The summed E-state index contributed by atoms with van der Waals surface area (Å²) in [5.41, 5.74) is -0.858. The second kappa shape index (κ2) is 6.51. The molecule has 0 aromatic heterocycles. The van der Waals surface area contributed by atoms with Gasteiger partial charge in [0.15, 0.2) is 6.04 Å². The Kier molecular flexibility index (Phi) is 5.23. The van der Waals surface area contributed by atoms with Gasteiger partial charge in [-0.05, 0) is 38.5 Å². The first-order chi connectivity index (χ1) is 9.62. The molecule has 1 N–H and O–H groups in total. The third-order valence-electron chi connectivity index (χ3n) is 2.32. The Bertz CT molecular complexity index is 520. The minimum atomic E-state index is -1.37. The van der Waals surface area contributed by atoms with Gasteiger partial charge in [0.05, 0.1) is 7.11 Å². The molecule has 0 saturated heterocycles. The minimum absolute atomic E-state index is 0.0785. The number of hydrogen-bond donors (Lipinski definition) is 1. The van der Waals surface area contributed by atoms with E-state index in [-0.39, 0.29) is 5.56 Å². The van der Waals surface area contributed by atoms with Crippen LogP contribution in [0.15, 0.2) is 18.2 Å². The van der Waals surface area contributed by atoms with Crippen LogP contribution in [-0.2, 0) is 14.3 Å². The van der Waals surface area contributed by atoms with E-state index >= 15 is 0 Å². The number of amides is 1. The van der Waals surface area contributed by atoms with Gasteiger partial charge in [0, 0.05) is 6.07 Å². The Morgan fingerprint density at radius 1 is 1.14 bits per heavy atom. The van der Waals surface area contributed by atoms with E-state index in [1.54, 1.807) is 20.8 Å². The SMILES string of the molecule is COC(=O)C(NC(=O)OC(C)(C)C)c1cc(F)cc(F)c1. The molecule has 7 heteroatoms. The largest absolute Gasteiger partial charge is 0.467 e. The molecule has 0 radical (unpaired) electrons. The molecule has 1 aromatic carbocycles. The lowest BCUT2D eigenvalue weighted by molar-refractivity contribution is -0.143. The third kappa shape index (κ3) is 5.37. The number of rotatable bonds is 3. The van der Waals surface area contributed by atoms with Crippen molar-refractivity contribution in [2.24, 2.45) is 0 Å². The maximum absolute atomic E-state index is 13.2. The zero-order valence-corrected chi connectivity index (χ0v) is 12.2. The van der Waals surface area contributed by atoms with Gasteiger partial charge in [-0.2, -0.15) is 0 Å². The molecule has 5 nitrogen and oxygen atoms in total. The highest BCUT2D eigenvalue weighted by Crippen LogP contribution is 2.19. The van der Waals surface area contributed by atoms with Gasteiger partial charge in [-0.1, -0.05) is 0 Å². The summed E-state index contributed by atoms with van der Waals surface area (Å²) in [7, 11) is 1.10. The van der Waals surface area contributed by atoms with Gasteiger partial charge in [0.1, 0.15) is 17.2 Å². The molecule has 1 atom stereocenters. The number of carbonyl (C=O) groups is 2. The average Bonchev–Trinajstić information content (AvgIpc) is 2.31. The lowest BCUT2D eigenvalue weighted by Crippen LogP contribution is -2.38. The van der Waals surface area contributed by atoms with E-state index < -0.39 is 35.3 Å². The number of alkyl carbamates (subject to hydrolysis) is 1. The first kappa shape index (κ1) is 16.9. The van der Waals surface area contributed by atoms with Crippen LogP contribution in [0.3, 0.4) is 0 Å². The molecule has 0 fully saturated rings. The van der Waals surface area contributed by atoms with Crippen LogP contribution in [0.5, 0.6) is 0 Å². The molecule has 21 heavy (non-hydrogen) atoms. The molecule has 1 aromatic rings. The van der Waals surface area contributed by atoms with Crippen molar-refractivity contribution in [2.45, 2.75) is 32.4 Å². The average molecular weight is 301 g/mol. The number of methoxy groups -OCH3 is 1. The van der Waals surface area contributed by atoms with Gasteiger partial charge in [-0.3, -0.25) is 0 Å². The fraction of sp³-hybridized carbons (Fsp3) is 0.429. The van der Waals surface area contributed by atoms with E-state index in [4.69, 9.17) is 4.74 Å². The predicted molar refractivity (Wildman–Crippen MR) is 70.5 cm³/mol. The Morgan fingerprint density at radius 2 is 1.67 bits per heavy atom. The summed E-state index contributed by atoms with van der Waals surface area (Å²) in [5.74, 6) is -2.61. The Labute approximate surface area is 121 Å². The molecular weight excluding hydrogens is 284 g/mol. The smallest absolute Gasteiger partial charge is 0.408 e. The Morgan fingerprint density at radius 3 is 2.10 bits per heavy atom. The van der Waals surface area contributed by atoms with E-state index in [0.717, 1.165) is 19.2 Å². The number of nitrogens with one attached hydrogen (secondary N) is 1. The van der Waals surface area contributed by atoms with Gasteiger partial charge >= 0.3 is 12.1 Å². The second-order valence-electron chi connectivity index (χ2n) is 5.31. The van der Waals surface area contributed by atoms with Crippen molar-refractivity contribution in [3.05, 3.63) is 35.4 Å². The summed E-state index contributed by atoms with van der Waals surface area (Å²) in [5, 5.41) is 2.23. The van der Waals surface area contributed by atoms with Crippen LogP contribution in [-0.4, -0.2) is 24.8 Å². The summed E-state index contributed by atoms with van der Waals surface area (Å²) in [6, 6.07) is 1.16. The number of ether oxygens (including phenoxy) is 2. The molecule has 1 rings (SSSR count). The molecule has 0 spiro atoms. The first-order valence-corrected chi connectivity index (χ1v) is 6.15. The van der Waals surface area contributed by atoms with Crippen LogP contribution in [0.1, 0.15) is 32.4 Å². The van der Waals surface area contributed by atoms with Gasteiger partial charge < -0.3 is 14.8 Å². The molecule has 0 heterocycles. The highest BCUT2D eigenvalue weighted by atomic mass is 19.1. The van der Waals surface area contributed by atoms with Crippen molar-refractivity contribution >= 4 is 12.1 Å². The number of benzene rings is 1. The maximum Gasteiger partial charge on any atom is 0.408 e. The van der Waals surface area contributed by atoms with Crippen molar-refractivity contribution in [3.63, 3.8) is 0 Å². The summed E-state index contributed by atoms with van der Waals surface area (Å²) < 4.78 is 36.0. The quantitative estimate of drug-likeness (QED) is 0.872. The van der Waals surface area contributed by atoms with Gasteiger partial charge in [0.25, 0.3) is 0 Å². The van der Waals surface area contributed by atoms with E-state index in [9.17, 15) is 18.4 Å². The molecular formula is C14H17F2NO4. The predicted octanol–water partition coefficient (Wildman–Crippen LogP) is 2.70. The molecule has 0 aliphatic heterocycles. The summed E-state index contributed by atoms with van der Waals surface area (Å²) >= 11 is 0. The van der Waals surface area contributed by atoms with E-state index in [2.05, 4.69) is 10.1 Å². The molecule has 116 valence electrons. The molecule has 0 aliphatic carbocycles. The second-order valence-corrected chi connectivity index (χ2v) is 5.31. The fourth-order valence-corrected chi connectivity index (χ4v) is 1.56. The van der Waals surface area contributed by atoms with Gasteiger partial charge in [-0.15, -0.1) is 0 Å². The van der Waals surface area contributed by atoms with Crippen LogP contribution in [0.4, 0.5) is 13.6 Å². The van der Waals surface area contributed by atoms with Crippen molar-refractivity contribution < 1.29 is 27.8 Å². The van der Waals surface area contributed by atoms with Crippen LogP contribution in [0, 0.1) is 11.6 Å². The molecule has 0 aliphatic rings. The standard InChI is InChI=1S/C14H17F2NO4/c1-14(2,3)21-13(19)17-11(12(18)20-4)8-5-9(15)7-10(16)6-8/h5-7,11H,1-4H3,(H,17,19). The lowest BCUT2D eigenvalue weighted by atomic mass is 10.1. The highest BCUT2D eigenvalue weighted by Gasteiger charge is 2.27. The highest BCUT2D eigenvalue weighted by molar-refractivity contribution is 5.82. The van der Waals surface area contributed by atoms with Crippen molar-refractivity contribution in [3.8, 4) is 0 Å². The van der Waals surface area contributed by atoms with Crippen LogP contribution in [0.25, 0.3) is 0 Å². The van der Waals surface area contributed by atoms with E-state index in [1.165, 1.54) is 0 Å². The van der Waals surface area contributed by atoms with Crippen LogP contribution in [0.2, 0.25) is 0 Å². The van der Waals surface area contributed by atoms with Crippen LogP contribution < -0.4 is 5.32 Å². The zero-order valence-electron chi connectivity index (χ0n) is 12.2. The molecule has 1 amide bonds. The monoisotopic (exact) mass is 301 g/mol. The van der Waals surface area contributed by atoms with E-state index in [1.807, 2.05) is 0 Å². The van der Waals surface area contributed by atoms with E-state index in [0.29, 0.717) is 6.07 Å². The van der Waals surface area contributed by atoms with Crippen molar-refractivity contribution in [2.75, 3.05) is 7.11 Å². The topological polar surface area (TPSA) is 64.6 Å².